The summed E-state index contributed by atoms with van der Waals surface area (Å²) in [4.78, 5) is 11.2. The van der Waals surface area contributed by atoms with Crippen LogP contribution in [0, 0.1) is 0 Å². The van der Waals surface area contributed by atoms with Crippen molar-refractivity contribution in [1.82, 2.24) is 0 Å². The minimum absolute atomic E-state index is 0. The summed E-state index contributed by atoms with van der Waals surface area (Å²) >= 11 is 0. The summed E-state index contributed by atoms with van der Waals surface area (Å²) in [7, 11) is -4.15. The molecule has 0 rings (SSSR count). The molecule has 0 aromatic rings. The molecule has 1 N–H and O–H groups in total. The Morgan fingerprint density at radius 3 is 1.85 bits per heavy atom. The Morgan fingerprint density at radius 1 is 0.900 bits per heavy atom. The van der Waals surface area contributed by atoms with Crippen molar-refractivity contribution in [2.75, 3.05) is 19.8 Å². The molecule has 0 heterocycles. The van der Waals surface area contributed by atoms with Crippen LogP contribution < -0.4 is 34.5 Å². The van der Waals surface area contributed by atoms with Crippen molar-refractivity contribution in [2.45, 2.75) is 64.7 Å². The fourth-order valence-corrected chi connectivity index (χ4v) is 2.47. The average molecular weight is 318 g/mol. The zero-order valence-corrected chi connectivity index (χ0v) is 15.9. The van der Waals surface area contributed by atoms with Gasteiger partial charge < -0.3 is 19.0 Å². The third-order valence-electron chi connectivity index (χ3n) is 2.80. The third-order valence-corrected chi connectivity index (χ3v) is 3.80. The van der Waals surface area contributed by atoms with E-state index in [-0.39, 0.29) is 49.4 Å². The molecule has 0 aliphatic heterocycles. The van der Waals surface area contributed by atoms with Crippen LogP contribution in [0.25, 0.3) is 0 Å². The molecule has 0 amide bonds. The number of aliphatic hydroxyl groups excluding tert-OH is 1. The van der Waals surface area contributed by atoms with Crippen LogP contribution in [-0.4, -0.2) is 24.9 Å². The van der Waals surface area contributed by atoms with E-state index in [0.717, 1.165) is 19.3 Å². The molecule has 0 spiro atoms. The smallest absolute Gasteiger partial charge is 0.756 e. The Labute approximate surface area is 145 Å². The van der Waals surface area contributed by atoms with Crippen LogP contribution in [-0.2, 0) is 13.6 Å². The van der Waals surface area contributed by atoms with Gasteiger partial charge in [0, 0.05) is 6.61 Å². The Bertz CT molecular complexity index is 241. The second-order valence-corrected chi connectivity index (χ2v) is 6.08. The van der Waals surface area contributed by atoms with E-state index in [1.807, 2.05) is 0 Å². The maximum Gasteiger partial charge on any atom is 1.00 e. The zero-order valence-electron chi connectivity index (χ0n) is 13.0. The van der Waals surface area contributed by atoms with E-state index in [1.165, 1.54) is 32.1 Å². The predicted molar refractivity (Wildman–Crippen MR) is 73.8 cm³/mol. The molecule has 7 heteroatoms. The first-order valence-electron chi connectivity index (χ1n) is 7.33. The number of aliphatic hydroxyl groups is 1. The van der Waals surface area contributed by atoms with E-state index in [9.17, 15) is 9.46 Å². The molecule has 0 bridgehead atoms. The summed E-state index contributed by atoms with van der Waals surface area (Å²) in [6.07, 6.45) is 9.47. The van der Waals surface area contributed by atoms with Crippen LogP contribution in [0.4, 0.5) is 0 Å². The maximum atomic E-state index is 11.2. The summed E-state index contributed by atoms with van der Waals surface area (Å²) in [5.74, 6) is 0. The molecule has 0 saturated carbocycles. The van der Waals surface area contributed by atoms with Gasteiger partial charge in [-0.25, -0.2) is 0 Å². The molecule has 0 radical (unpaired) electrons. The second kappa shape index (κ2) is 16.4. The topological polar surface area (TPSA) is 78.8 Å². The molecule has 1 atom stereocenters. The standard InChI is InChI=1S/C13H29O5P.Na/c1-2-3-4-5-6-7-8-9-12-17-19(15,16)18-13-10-11-14;/h14H,2-13H2,1H3,(H,15,16);/q;+1/p-1. The van der Waals surface area contributed by atoms with Gasteiger partial charge in [-0.05, 0) is 12.8 Å². The normalized spacial score (nSPS) is 13.8. The molecule has 0 aromatic carbocycles. The molecule has 0 fully saturated rings. The number of phosphoric acid groups is 1. The number of unbranched alkanes of at least 4 members (excludes halogenated alkanes) is 7. The summed E-state index contributed by atoms with van der Waals surface area (Å²) in [5.41, 5.74) is 0. The van der Waals surface area contributed by atoms with Crippen molar-refractivity contribution in [3.05, 3.63) is 0 Å². The van der Waals surface area contributed by atoms with Crippen molar-refractivity contribution in [3.63, 3.8) is 0 Å². The van der Waals surface area contributed by atoms with E-state index < -0.39 is 7.82 Å². The summed E-state index contributed by atoms with van der Waals surface area (Å²) in [5, 5.41) is 8.50. The van der Waals surface area contributed by atoms with E-state index in [0.29, 0.717) is 6.42 Å². The molecule has 0 saturated heterocycles. The maximum absolute atomic E-state index is 11.2. The number of phosphoric ester groups is 1. The first kappa shape index (κ1) is 23.3. The van der Waals surface area contributed by atoms with E-state index >= 15 is 0 Å². The predicted octanol–water partition coefficient (Wildman–Crippen LogP) is 0.0151. The third kappa shape index (κ3) is 17.1. The van der Waals surface area contributed by atoms with Crippen LogP contribution in [0.15, 0.2) is 0 Å². The zero-order chi connectivity index (χ0) is 14.4. The van der Waals surface area contributed by atoms with Gasteiger partial charge in [0.25, 0.3) is 7.82 Å². The Balaban J connectivity index is 0. The molecule has 5 nitrogen and oxygen atoms in total. The van der Waals surface area contributed by atoms with Gasteiger partial charge in [0.05, 0.1) is 13.2 Å². The molecule has 116 valence electrons. The van der Waals surface area contributed by atoms with Crippen LogP contribution in [0.1, 0.15) is 64.7 Å². The average Bonchev–Trinajstić information content (AvgIpc) is 2.37. The molecular formula is C13H28NaO5P. The summed E-state index contributed by atoms with van der Waals surface area (Å²) in [6.45, 7) is 2.28. The second-order valence-electron chi connectivity index (χ2n) is 4.67. The van der Waals surface area contributed by atoms with Gasteiger partial charge in [0.15, 0.2) is 0 Å². The van der Waals surface area contributed by atoms with E-state index in [4.69, 9.17) is 9.63 Å². The van der Waals surface area contributed by atoms with Crippen LogP contribution in [0.3, 0.4) is 0 Å². The minimum atomic E-state index is -4.15. The van der Waals surface area contributed by atoms with Crippen molar-refractivity contribution >= 4 is 7.82 Å². The van der Waals surface area contributed by atoms with Gasteiger partial charge in [0.2, 0.25) is 0 Å². The van der Waals surface area contributed by atoms with Crippen molar-refractivity contribution in [1.29, 1.82) is 0 Å². The monoisotopic (exact) mass is 318 g/mol. The summed E-state index contributed by atoms with van der Waals surface area (Å²) in [6, 6.07) is 0. The first-order valence-corrected chi connectivity index (χ1v) is 8.79. The van der Waals surface area contributed by atoms with Gasteiger partial charge in [-0.1, -0.05) is 51.9 Å². The fourth-order valence-electron chi connectivity index (χ4n) is 1.69. The molecule has 1 unspecified atom stereocenters. The molecule has 0 aromatic heterocycles. The van der Waals surface area contributed by atoms with E-state index in [2.05, 4.69) is 11.4 Å². The van der Waals surface area contributed by atoms with Gasteiger partial charge in [-0.3, -0.25) is 4.57 Å². The first-order chi connectivity index (χ1) is 9.12. The van der Waals surface area contributed by atoms with Gasteiger partial charge in [-0.15, -0.1) is 0 Å². The SMILES string of the molecule is CCCCCCCCCCOP(=O)([O-])OCCCO.[Na+]. The Kier molecular flexibility index (Phi) is 19.2. The molecular weight excluding hydrogens is 290 g/mol. The number of rotatable bonds is 14. The number of hydrogen-bond acceptors (Lipinski definition) is 5. The molecule has 0 aliphatic carbocycles. The fraction of sp³-hybridized carbons (Fsp3) is 1.00. The largest absolute Gasteiger partial charge is 1.00 e. The van der Waals surface area contributed by atoms with Crippen LogP contribution in [0.2, 0.25) is 0 Å². The van der Waals surface area contributed by atoms with Crippen molar-refractivity contribution < 1.29 is 53.2 Å². The van der Waals surface area contributed by atoms with Crippen LogP contribution in [0.5, 0.6) is 0 Å². The van der Waals surface area contributed by atoms with Crippen molar-refractivity contribution in [3.8, 4) is 0 Å². The summed E-state index contributed by atoms with van der Waals surface area (Å²) < 4.78 is 20.5. The van der Waals surface area contributed by atoms with Gasteiger partial charge in [-0.2, -0.15) is 0 Å². The Hall–Kier alpha value is 1.07. The van der Waals surface area contributed by atoms with Gasteiger partial charge in [0.1, 0.15) is 0 Å². The van der Waals surface area contributed by atoms with Crippen molar-refractivity contribution in [2.24, 2.45) is 0 Å². The molecule has 0 aliphatic rings. The Morgan fingerprint density at radius 2 is 1.35 bits per heavy atom. The number of hydrogen-bond donors (Lipinski definition) is 1. The van der Waals surface area contributed by atoms with E-state index in [1.54, 1.807) is 0 Å². The molecule has 20 heavy (non-hydrogen) atoms. The van der Waals surface area contributed by atoms with Gasteiger partial charge >= 0.3 is 29.6 Å². The minimum Gasteiger partial charge on any atom is -0.756 e. The quantitative estimate of drug-likeness (QED) is 0.277. The van der Waals surface area contributed by atoms with Crippen LogP contribution >= 0.6 is 7.82 Å².